The van der Waals surface area contributed by atoms with Crippen LogP contribution < -0.4 is 19.7 Å². The van der Waals surface area contributed by atoms with Crippen molar-refractivity contribution in [3.63, 3.8) is 0 Å². The van der Waals surface area contributed by atoms with Crippen LogP contribution in [0, 0.1) is 11.7 Å². The average Bonchev–Trinajstić information content (AvgIpc) is 2.97. The van der Waals surface area contributed by atoms with Crippen molar-refractivity contribution in [3.05, 3.63) is 52.8 Å². The molecule has 6 nitrogen and oxygen atoms in total. The quantitative estimate of drug-likeness (QED) is 0.665. The Hall–Kier alpha value is -3.16. The number of hydrogen-bond acceptors (Lipinski definition) is 5. The lowest BCUT2D eigenvalue weighted by Gasteiger charge is -2.36. The van der Waals surface area contributed by atoms with Crippen molar-refractivity contribution in [2.24, 2.45) is 10.9 Å². The molecule has 1 saturated heterocycles. The molecule has 34 heavy (non-hydrogen) atoms. The van der Waals surface area contributed by atoms with Gasteiger partial charge in [-0.25, -0.2) is 8.78 Å². The number of aliphatic imine (C=N–C) groups is 1. The highest BCUT2D eigenvalue weighted by Crippen LogP contribution is 2.41. The second-order valence-corrected chi connectivity index (χ2v) is 8.93. The molecular weight excluding hydrogens is 440 g/mol. The summed E-state index contributed by atoms with van der Waals surface area (Å²) < 4.78 is 39.8. The fraction of sp³-hybridized carbons (Fsp3) is 0.462. The van der Waals surface area contributed by atoms with E-state index >= 15 is 4.39 Å². The Balaban J connectivity index is 1.82. The zero-order valence-electron chi connectivity index (χ0n) is 20.0. The van der Waals surface area contributed by atoms with Gasteiger partial charge in [0.15, 0.2) is 11.5 Å². The van der Waals surface area contributed by atoms with Crippen LogP contribution in [0.1, 0.15) is 36.5 Å². The van der Waals surface area contributed by atoms with Gasteiger partial charge in [-0.1, -0.05) is 19.1 Å². The Labute approximate surface area is 199 Å². The Morgan fingerprint density at radius 1 is 1.21 bits per heavy atom. The van der Waals surface area contributed by atoms with Crippen molar-refractivity contribution in [1.29, 1.82) is 0 Å². The molecule has 2 aromatic carbocycles. The number of hydrogen-bond donors (Lipinski definition) is 1. The summed E-state index contributed by atoms with van der Waals surface area (Å²) in [5.74, 6) is 0.319. The Kier molecular flexibility index (Phi) is 7.05. The Morgan fingerprint density at radius 2 is 1.91 bits per heavy atom. The molecule has 0 radical (unpaired) electrons. The molecule has 1 fully saturated rings. The maximum atomic E-state index is 15.3. The molecule has 0 bridgehead atoms. The van der Waals surface area contributed by atoms with E-state index in [0.29, 0.717) is 60.7 Å². The minimum atomic E-state index is -0.792. The van der Waals surface area contributed by atoms with Crippen LogP contribution in [0.15, 0.2) is 35.3 Å². The molecular formula is C26H31F2N3O3. The molecule has 182 valence electrons. The predicted octanol–water partition coefficient (Wildman–Crippen LogP) is 3.93. The van der Waals surface area contributed by atoms with E-state index in [1.807, 2.05) is 36.1 Å². The predicted molar refractivity (Wildman–Crippen MR) is 129 cm³/mol. The van der Waals surface area contributed by atoms with Gasteiger partial charge in [-0.2, -0.15) is 0 Å². The number of nitrogens with zero attached hydrogens (tertiary/aromatic N) is 2. The van der Waals surface area contributed by atoms with Gasteiger partial charge in [0.05, 0.1) is 44.6 Å². The van der Waals surface area contributed by atoms with E-state index < -0.39 is 6.17 Å². The monoisotopic (exact) mass is 471 g/mol. The summed E-state index contributed by atoms with van der Waals surface area (Å²) >= 11 is 0. The van der Waals surface area contributed by atoms with Crippen LogP contribution in [-0.4, -0.2) is 58.2 Å². The van der Waals surface area contributed by atoms with Crippen LogP contribution in [0.25, 0.3) is 0 Å². The Morgan fingerprint density at radius 3 is 2.50 bits per heavy atom. The number of fused-ring (bicyclic) bond motifs is 1. The third kappa shape index (κ3) is 4.58. The van der Waals surface area contributed by atoms with Gasteiger partial charge in [0, 0.05) is 36.3 Å². The van der Waals surface area contributed by atoms with Gasteiger partial charge in [-0.15, -0.1) is 0 Å². The van der Waals surface area contributed by atoms with Crippen molar-refractivity contribution >= 4 is 17.3 Å². The van der Waals surface area contributed by atoms with Crippen molar-refractivity contribution in [2.75, 3.05) is 39.3 Å². The molecule has 2 aliphatic heterocycles. The number of halogens is 2. The van der Waals surface area contributed by atoms with Crippen molar-refractivity contribution in [3.8, 4) is 11.5 Å². The first-order valence-corrected chi connectivity index (χ1v) is 11.6. The number of anilines is 1. The summed E-state index contributed by atoms with van der Waals surface area (Å²) in [5, 5.41) is 2.65. The molecule has 4 rings (SSSR count). The number of benzene rings is 2. The molecule has 0 saturated carbocycles. The molecule has 2 aliphatic rings. The molecule has 2 aromatic rings. The van der Waals surface area contributed by atoms with Gasteiger partial charge in [0.25, 0.3) is 0 Å². The first kappa shape index (κ1) is 24.0. The van der Waals surface area contributed by atoms with E-state index in [0.717, 1.165) is 11.3 Å². The molecule has 1 amide bonds. The lowest BCUT2D eigenvalue weighted by molar-refractivity contribution is -0.120. The summed E-state index contributed by atoms with van der Waals surface area (Å²) in [6.07, 6.45) is 0.541. The molecule has 2 unspecified atom stereocenters. The maximum absolute atomic E-state index is 15.3. The van der Waals surface area contributed by atoms with Crippen LogP contribution >= 0.6 is 0 Å². The minimum Gasteiger partial charge on any atom is -0.493 e. The number of methoxy groups -OCH3 is 2. The lowest BCUT2D eigenvalue weighted by atomic mass is 9.89. The summed E-state index contributed by atoms with van der Waals surface area (Å²) in [7, 11) is 4.62. The van der Waals surface area contributed by atoms with E-state index in [1.165, 1.54) is 20.3 Å². The second-order valence-electron chi connectivity index (χ2n) is 8.93. The molecule has 0 aliphatic carbocycles. The van der Waals surface area contributed by atoms with E-state index in [-0.39, 0.29) is 23.7 Å². The molecule has 0 aromatic heterocycles. The number of ether oxygens (including phenoxy) is 2. The minimum absolute atomic E-state index is 0.00959. The molecule has 2 atom stereocenters. The zero-order valence-corrected chi connectivity index (χ0v) is 20.0. The smallest absolute Gasteiger partial charge is 0.219 e. The summed E-state index contributed by atoms with van der Waals surface area (Å²) in [6, 6.07) is 8.88. The number of rotatable bonds is 7. The number of carbonyl (C=O) groups is 1. The average molecular weight is 472 g/mol. The topological polar surface area (TPSA) is 63.2 Å². The van der Waals surface area contributed by atoms with Gasteiger partial charge in [0.1, 0.15) is 12.0 Å². The van der Waals surface area contributed by atoms with Gasteiger partial charge in [0.2, 0.25) is 5.91 Å². The Bertz CT molecular complexity index is 1080. The molecule has 2 heterocycles. The van der Waals surface area contributed by atoms with Crippen molar-refractivity contribution < 1.29 is 23.0 Å². The third-order valence-corrected chi connectivity index (χ3v) is 6.73. The zero-order chi connectivity index (χ0) is 24.4. The van der Waals surface area contributed by atoms with Crippen LogP contribution in [0.5, 0.6) is 11.5 Å². The summed E-state index contributed by atoms with van der Waals surface area (Å²) in [4.78, 5) is 19.0. The third-order valence-electron chi connectivity index (χ3n) is 6.73. The van der Waals surface area contributed by atoms with Gasteiger partial charge in [-0.05, 0) is 30.9 Å². The highest BCUT2D eigenvalue weighted by molar-refractivity contribution is 6.16. The van der Waals surface area contributed by atoms with Crippen molar-refractivity contribution in [2.45, 2.75) is 38.4 Å². The number of nitrogens with one attached hydrogen (secondary N) is 1. The van der Waals surface area contributed by atoms with Crippen molar-refractivity contribution in [1.82, 2.24) is 5.32 Å². The fourth-order valence-corrected chi connectivity index (χ4v) is 4.70. The van der Waals surface area contributed by atoms with Crippen LogP contribution in [0.4, 0.5) is 14.5 Å². The maximum Gasteiger partial charge on any atom is 0.219 e. The highest BCUT2D eigenvalue weighted by atomic mass is 19.1. The van der Waals surface area contributed by atoms with E-state index in [1.54, 1.807) is 7.05 Å². The molecule has 1 N–H and O–H groups in total. The molecule has 8 heteroatoms. The molecule has 0 spiro atoms. The number of carbonyl (C=O) groups excluding carboxylic acids is 1. The van der Waals surface area contributed by atoms with E-state index in [2.05, 4.69) is 5.32 Å². The lowest BCUT2D eigenvalue weighted by Crippen LogP contribution is -2.48. The van der Waals surface area contributed by atoms with E-state index in [4.69, 9.17) is 14.5 Å². The second kappa shape index (κ2) is 9.99. The highest BCUT2D eigenvalue weighted by Gasteiger charge is 2.32. The van der Waals surface area contributed by atoms with Gasteiger partial charge < -0.3 is 19.7 Å². The van der Waals surface area contributed by atoms with Crippen LogP contribution in [0.2, 0.25) is 0 Å². The summed E-state index contributed by atoms with van der Waals surface area (Å²) in [6.45, 7) is 2.80. The number of amides is 1. The standard InChI is InChI=1S/C26H31F2N3O3/c1-15-11-19-20(28)12-22(33-3)26(34-4)24(19)25(30-21(15)9-10-23(32)29-2)16-5-7-18(8-6-16)31-13-17(27)14-31/h5-8,12,15,17,21H,9-11,13-14H2,1-4H3,(H,29,32). The SMILES string of the molecule is CNC(=O)CCC1N=C(c2ccc(N3CC(F)C3)cc2)c2c(c(F)cc(OC)c2OC)CC1C. The van der Waals surface area contributed by atoms with Crippen LogP contribution in [0.3, 0.4) is 0 Å². The summed E-state index contributed by atoms with van der Waals surface area (Å²) in [5.41, 5.74) is 3.44. The first-order chi connectivity index (χ1) is 16.4. The van der Waals surface area contributed by atoms with Gasteiger partial charge in [-0.3, -0.25) is 9.79 Å². The van der Waals surface area contributed by atoms with Gasteiger partial charge >= 0.3 is 0 Å². The largest absolute Gasteiger partial charge is 0.493 e. The first-order valence-electron chi connectivity index (χ1n) is 11.6. The fourth-order valence-electron chi connectivity index (χ4n) is 4.70. The number of alkyl halides is 1. The normalized spacial score (nSPS) is 20.1. The van der Waals surface area contributed by atoms with E-state index in [9.17, 15) is 9.18 Å². The van der Waals surface area contributed by atoms with Crippen LogP contribution in [-0.2, 0) is 11.2 Å².